The van der Waals surface area contributed by atoms with Gasteiger partial charge < -0.3 is 9.64 Å². The highest BCUT2D eigenvalue weighted by Crippen LogP contribution is 2.19. The molecule has 1 heterocycles. The fourth-order valence-electron chi connectivity index (χ4n) is 2.99. The van der Waals surface area contributed by atoms with Crippen LogP contribution in [0.4, 0.5) is 4.39 Å². The number of carbonyl (C=O) groups is 2. The van der Waals surface area contributed by atoms with Crippen LogP contribution in [0, 0.1) is 12.7 Å². The normalized spacial score (nSPS) is 15.1. The fourth-order valence-corrected chi connectivity index (χ4v) is 4.66. The average Bonchev–Trinajstić information content (AvgIpc) is 2.72. The molecule has 1 aliphatic rings. The molecule has 0 radical (unpaired) electrons. The van der Waals surface area contributed by atoms with E-state index in [-0.39, 0.29) is 41.7 Å². The van der Waals surface area contributed by atoms with Crippen LogP contribution in [0.25, 0.3) is 0 Å². The molecule has 0 aliphatic carbocycles. The molecule has 1 amide bonds. The summed E-state index contributed by atoms with van der Waals surface area (Å²) in [6.07, 6.45) is 0. The van der Waals surface area contributed by atoms with Crippen molar-refractivity contribution in [3.8, 4) is 0 Å². The Balaban J connectivity index is 1.54. The van der Waals surface area contributed by atoms with Crippen molar-refractivity contribution in [1.29, 1.82) is 0 Å². The Bertz CT molecular complexity index is 1050. The molecule has 0 saturated carbocycles. The first-order valence-corrected chi connectivity index (χ1v) is 11.0. The molecular formula is C20H20ClFN2O5S. The van der Waals surface area contributed by atoms with Gasteiger partial charge in [0.2, 0.25) is 10.0 Å². The number of amides is 1. The molecule has 0 aromatic heterocycles. The summed E-state index contributed by atoms with van der Waals surface area (Å²) >= 11 is 5.81. The molecule has 2 aromatic rings. The van der Waals surface area contributed by atoms with Crippen LogP contribution in [0.3, 0.4) is 0 Å². The van der Waals surface area contributed by atoms with E-state index in [1.807, 2.05) is 6.92 Å². The van der Waals surface area contributed by atoms with Crippen LogP contribution < -0.4 is 0 Å². The van der Waals surface area contributed by atoms with E-state index in [0.29, 0.717) is 0 Å². The standard InChI is InChI=1S/C20H20ClFN2O5S/c1-14-2-5-16(6-3-14)30(27,28)24-10-8-23(9-11-24)19(25)13-29-20(26)17-7-4-15(22)12-18(17)21/h2-7,12H,8-11,13H2,1H3. The van der Waals surface area contributed by atoms with Crippen LogP contribution >= 0.6 is 11.6 Å². The summed E-state index contributed by atoms with van der Waals surface area (Å²) in [5.41, 5.74) is 0.917. The third-order valence-electron chi connectivity index (χ3n) is 4.73. The van der Waals surface area contributed by atoms with Gasteiger partial charge in [-0.15, -0.1) is 0 Å². The molecule has 10 heteroatoms. The van der Waals surface area contributed by atoms with Crippen molar-refractivity contribution in [2.75, 3.05) is 32.8 Å². The Morgan fingerprint density at radius 2 is 1.70 bits per heavy atom. The fraction of sp³-hybridized carbons (Fsp3) is 0.300. The van der Waals surface area contributed by atoms with Gasteiger partial charge in [-0.3, -0.25) is 4.79 Å². The minimum atomic E-state index is -3.63. The predicted molar refractivity (Wildman–Crippen MR) is 108 cm³/mol. The summed E-state index contributed by atoms with van der Waals surface area (Å²) in [7, 11) is -3.63. The van der Waals surface area contributed by atoms with Gasteiger partial charge in [0.05, 0.1) is 15.5 Å². The number of piperazine rings is 1. The van der Waals surface area contributed by atoms with Gasteiger partial charge in [0.25, 0.3) is 5.91 Å². The van der Waals surface area contributed by atoms with Gasteiger partial charge in [-0.1, -0.05) is 29.3 Å². The van der Waals surface area contributed by atoms with Gasteiger partial charge in [-0.05, 0) is 37.3 Å². The molecular weight excluding hydrogens is 435 g/mol. The molecule has 1 fully saturated rings. The molecule has 0 atom stereocenters. The highest BCUT2D eigenvalue weighted by Gasteiger charge is 2.30. The van der Waals surface area contributed by atoms with Crippen molar-refractivity contribution in [3.05, 3.63) is 64.4 Å². The lowest BCUT2D eigenvalue weighted by molar-refractivity contribution is -0.135. The van der Waals surface area contributed by atoms with E-state index in [1.54, 1.807) is 24.3 Å². The van der Waals surface area contributed by atoms with Crippen LogP contribution in [0.1, 0.15) is 15.9 Å². The molecule has 7 nitrogen and oxygen atoms in total. The lowest BCUT2D eigenvalue weighted by atomic mass is 10.2. The van der Waals surface area contributed by atoms with Gasteiger partial charge in [0.1, 0.15) is 5.82 Å². The van der Waals surface area contributed by atoms with Gasteiger partial charge in [-0.25, -0.2) is 17.6 Å². The van der Waals surface area contributed by atoms with Crippen LogP contribution in [0.5, 0.6) is 0 Å². The number of esters is 1. The number of sulfonamides is 1. The molecule has 0 spiro atoms. The summed E-state index contributed by atoms with van der Waals surface area (Å²) in [4.78, 5) is 26.0. The Kier molecular flexibility index (Phi) is 6.74. The smallest absolute Gasteiger partial charge is 0.340 e. The van der Waals surface area contributed by atoms with Crippen molar-refractivity contribution in [2.24, 2.45) is 0 Å². The molecule has 30 heavy (non-hydrogen) atoms. The lowest BCUT2D eigenvalue weighted by Crippen LogP contribution is -2.51. The van der Waals surface area contributed by atoms with Gasteiger partial charge in [-0.2, -0.15) is 4.31 Å². The van der Waals surface area contributed by atoms with Crippen LogP contribution in [0.2, 0.25) is 5.02 Å². The third kappa shape index (κ3) is 4.97. The number of benzene rings is 2. The SMILES string of the molecule is Cc1ccc(S(=O)(=O)N2CCN(C(=O)COC(=O)c3ccc(F)cc3Cl)CC2)cc1. The minimum absolute atomic E-state index is 0.0418. The Morgan fingerprint density at radius 1 is 1.07 bits per heavy atom. The second kappa shape index (κ2) is 9.11. The molecule has 160 valence electrons. The minimum Gasteiger partial charge on any atom is -0.452 e. The van der Waals surface area contributed by atoms with Gasteiger partial charge in [0.15, 0.2) is 6.61 Å². The average molecular weight is 455 g/mol. The zero-order valence-corrected chi connectivity index (χ0v) is 17.7. The van der Waals surface area contributed by atoms with E-state index < -0.39 is 34.3 Å². The quantitative estimate of drug-likeness (QED) is 0.648. The molecule has 3 rings (SSSR count). The molecule has 0 N–H and O–H groups in total. The number of hydrogen-bond acceptors (Lipinski definition) is 5. The number of nitrogens with zero attached hydrogens (tertiary/aromatic N) is 2. The van der Waals surface area contributed by atoms with Crippen LogP contribution in [-0.2, 0) is 19.6 Å². The monoisotopic (exact) mass is 454 g/mol. The molecule has 0 unspecified atom stereocenters. The molecule has 1 saturated heterocycles. The summed E-state index contributed by atoms with van der Waals surface area (Å²) in [5.74, 6) is -1.88. The van der Waals surface area contributed by atoms with Gasteiger partial charge >= 0.3 is 5.97 Å². The first-order chi connectivity index (χ1) is 14.2. The second-order valence-corrected chi connectivity index (χ2v) is 9.14. The predicted octanol–water partition coefficient (Wildman–Crippen LogP) is 2.48. The van der Waals surface area contributed by atoms with Crippen molar-refractivity contribution < 1.29 is 27.1 Å². The number of rotatable bonds is 5. The number of ether oxygens (including phenoxy) is 1. The first kappa shape index (κ1) is 22.2. The Labute approximate surface area is 179 Å². The number of halogens is 2. The van der Waals surface area contributed by atoms with Crippen LogP contribution in [0.15, 0.2) is 47.4 Å². The lowest BCUT2D eigenvalue weighted by Gasteiger charge is -2.33. The second-order valence-electron chi connectivity index (χ2n) is 6.80. The highest BCUT2D eigenvalue weighted by atomic mass is 35.5. The third-order valence-corrected chi connectivity index (χ3v) is 6.95. The maximum atomic E-state index is 13.1. The summed E-state index contributed by atoms with van der Waals surface area (Å²) < 4.78 is 44.8. The Hall–Kier alpha value is -2.49. The summed E-state index contributed by atoms with van der Waals surface area (Å²) in [6, 6.07) is 9.80. The summed E-state index contributed by atoms with van der Waals surface area (Å²) in [6.45, 7) is 1.99. The number of carbonyl (C=O) groups excluding carboxylic acids is 2. The van der Waals surface area contributed by atoms with Crippen LogP contribution in [-0.4, -0.2) is 62.3 Å². The molecule has 1 aliphatic heterocycles. The topological polar surface area (TPSA) is 84.0 Å². The molecule has 0 bridgehead atoms. The largest absolute Gasteiger partial charge is 0.452 e. The maximum Gasteiger partial charge on any atom is 0.340 e. The number of aryl methyl sites for hydroxylation is 1. The first-order valence-electron chi connectivity index (χ1n) is 9.15. The van der Waals surface area contributed by atoms with E-state index in [9.17, 15) is 22.4 Å². The zero-order chi connectivity index (χ0) is 21.9. The molecule has 2 aromatic carbocycles. The van der Waals surface area contributed by atoms with E-state index in [0.717, 1.165) is 17.7 Å². The Morgan fingerprint density at radius 3 is 2.30 bits per heavy atom. The number of hydrogen-bond donors (Lipinski definition) is 0. The maximum absolute atomic E-state index is 13.1. The van der Waals surface area contributed by atoms with Crippen molar-refractivity contribution >= 4 is 33.5 Å². The van der Waals surface area contributed by atoms with E-state index in [2.05, 4.69) is 0 Å². The highest BCUT2D eigenvalue weighted by molar-refractivity contribution is 7.89. The van der Waals surface area contributed by atoms with E-state index in [1.165, 1.54) is 15.3 Å². The van der Waals surface area contributed by atoms with Crippen molar-refractivity contribution in [3.63, 3.8) is 0 Å². The van der Waals surface area contributed by atoms with Crippen molar-refractivity contribution in [1.82, 2.24) is 9.21 Å². The van der Waals surface area contributed by atoms with E-state index >= 15 is 0 Å². The summed E-state index contributed by atoms with van der Waals surface area (Å²) in [5, 5.41) is -0.109. The van der Waals surface area contributed by atoms with E-state index in [4.69, 9.17) is 16.3 Å². The van der Waals surface area contributed by atoms with Gasteiger partial charge in [0, 0.05) is 26.2 Å². The zero-order valence-electron chi connectivity index (χ0n) is 16.2. The van der Waals surface area contributed by atoms with Crippen molar-refractivity contribution in [2.45, 2.75) is 11.8 Å².